The minimum absolute atomic E-state index is 0.0922. The van der Waals surface area contributed by atoms with Gasteiger partial charge in [0, 0.05) is 5.69 Å². The van der Waals surface area contributed by atoms with Crippen molar-refractivity contribution in [1.29, 1.82) is 0 Å². The van der Waals surface area contributed by atoms with Crippen molar-refractivity contribution in [3.05, 3.63) is 35.5 Å². The van der Waals surface area contributed by atoms with Gasteiger partial charge >= 0.3 is 0 Å². The lowest BCUT2D eigenvalue weighted by Crippen LogP contribution is -2.15. The molecule has 1 amide bonds. The number of hydrogen-bond acceptors (Lipinski definition) is 4. The van der Waals surface area contributed by atoms with Crippen molar-refractivity contribution < 1.29 is 4.79 Å². The van der Waals surface area contributed by atoms with E-state index in [2.05, 4.69) is 34.6 Å². The van der Waals surface area contributed by atoms with E-state index in [1.54, 1.807) is 0 Å². The fourth-order valence-electron chi connectivity index (χ4n) is 1.70. The van der Waals surface area contributed by atoms with Gasteiger partial charge in [-0.2, -0.15) is 5.21 Å². The van der Waals surface area contributed by atoms with Crippen molar-refractivity contribution in [2.45, 2.75) is 19.8 Å². The first-order chi connectivity index (χ1) is 8.59. The van der Waals surface area contributed by atoms with Crippen LogP contribution in [0.2, 0.25) is 0 Å². The fourth-order valence-corrected chi connectivity index (χ4v) is 1.70. The molecule has 4 N–H and O–H groups in total. The van der Waals surface area contributed by atoms with Crippen LogP contribution in [0.1, 0.15) is 35.8 Å². The van der Waals surface area contributed by atoms with Gasteiger partial charge in [-0.05, 0) is 17.5 Å². The Labute approximate surface area is 105 Å². The summed E-state index contributed by atoms with van der Waals surface area (Å²) in [5, 5.41) is 12.4. The fraction of sp³-hybridized carbons (Fsp3) is 0.250. The monoisotopic (exact) mass is 245 g/mol. The molecule has 0 unspecified atom stereocenters. The Morgan fingerprint density at radius 1 is 1.33 bits per heavy atom. The molecule has 0 aliphatic heterocycles. The molecule has 6 heteroatoms. The lowest BCUT2D eigenvalue weighted by Gasteiger charge is -2.12. The molecular weight excluding hydrogens is 230 g/mol. The molecule has 0 spiro atoms. The molecule has 0 radical (unpaired) electrons. The van der Waals surface area contributed by atoms with Crippen molar-refractivity contribution >= 4 is 17.4 Å². The van der Waals surface area contributed by atoms with Gasteiger partial charge in [-0.25, -0.2) is 0 Å². The number of nitrogens with one attached hydrogen (secondary N) is 2. The van der Waals surface area contributed by atoms with E-state index in [1.807, 2.05) is 24.3 Å². The molecule has 2 rings (SSSR count). The lowest BCUT2D eigenvalue weighted by molar-refractivity contribution is 0.102. The summed E-state index contributed by atoms with van der Waals surface area (Å²) in [6.45, 7) is 4.13. The van der Waals surface area contributed by atoms with Crippen LogP contribution in [0.3, 0.4) is 0 Å². The minimum Gasteiger partial charge on any atom is -0.380 e. The van der Waals surface area contributed by atoms with Gasteiger partial charge < -0.3 is 11.1 Å². The maximum Gasteiger partial charge on any atom is 0.280 e. The summed E-state index contributed by atoms with van der Waals surface area (Å²) in [4.78, 5) is 12.0. The zero-order valence-corrected chi connectivity index (χ0v) is 10.3. The zero-order chi connectivity index (χ0) is 13.1. The Morgan fingerprint density at radius 2 is 2.06 bits per heavy atom. The van der Waals surface area contributed by atoms with Crippen molar-refractivity contribution in [3.8, 4) is 0 Å². The summed E-state index contributed by atoms with van der Waals surface area (Å²) in [5.41, 5.74) is 7.46. The van der Waals surface area contributed by atoms with Crippen LogP contribution in [0.15, 0.2) is 24.3 Å². The first-order valence-corrected chi connectivity index (χ1v) is 5.66. The van der Waals surface area contributed by atoms with Crippen LogP contribution in [0.4, 0.5) is 11.5 Å². The van der Waals surface area contributed by atoms with Crippen molar-refractivity contribution in [1.82, 2.24) is 15.4 Å². The molecule has 0 saturated heterocycles. The van der Waals surface area contributed by atoms with E-state index in [-0.39, 0.29) is 17.4 Å². The number of carbonyl (C=O) groups excluding carboxylic acids is 1. The summed E-state index contributed by atoms with van der Waals surface area (Å²) < 4.78 is 0. The molecule has 2 aromatic rings. The van der Waals surface area contributed by atoms with Crippen LogP contribution in [0.5, 0.6) is 0 Å². The summed E-state index contributed by atoms with van der Waals surface area (Å²) >= 11 is 0. The van der Waals surface area contributed by atoms with E-state index in [0.29, 0.717) is 5.92 Å². The predicted octanol–water partition coefficient (Wildman–Crippen LogP) is 1.76. The Morgan fingerprint density at radius 3 is 2.67 bits per heavy atom. The van der Waals surface area contributed by atoms with E-state index in [9.17, 15) is 4.79 Å². The van der Waals surface area contributed by atoms with E-state index < -0.39 is 0 Å². The molecule has 0 bridgehead atoms. The highest BCUT2D eigenvalue weighted by molar-refractivity contribution is 6.05. The van der Waals surface area contributed by atoms with Gasteiger partial charge in [-0.3, -0.25) is 4.79 Å². The van der Waals surface area contributed by atoms with Crippen LogP contribution < -0.4 is 11.1 Å². The molecule has 0 aliphatic carbocycles. The topological polar surface area (TPSA) is 96.7 Å². The number of H-pyrrole nitrogens is 1. The number of rotatable bonds is 3. The van der Waals surface area contributed by atoms with Crippen LogP contribution in [0.25, 0.3) is 0 Å². The number of benzene rings is 1. The highest BCUT2D eigenvalue weighted by Crippen LogP contribution is 2.24. The first kappa shape index (κ1) is 12.1. The van der Waals surface area contributed by atoms with E-state index in [1.165, 1.54) is 0 Å². The van der Waals surface area contributed by atoms with Gasteiger partial charge in [-0.1, -0.05) is 32.0 Å². The standard InChI is InChI=1S/C12H15N5O/c1-7(2)8-5-3-4-6-9(8)14-12(18)10-11(13)16-17-15-10/h3-7H,1-2H3,(H,14,18)(H3,13,15,16,17). The number of nitrogens with zero attached hydrogens (tertiary/aromatic N) is 2. The maximum atomic E-state index is 12.0. The number of nitrogen functional groups attached to an aromatic ring is 1. The second-order valence-electron chi connectivity index (χ2n) is 4.25. The average molecular weight is 245 g/mol. The van der Waals surface area contributed by atoms with Gasteiger partial charge in [0.1, 0.15) is 0 Å². The van der Waals surface area contributed by atoms with E-state index in [0.717, 1.165) is 11.3 Å². The minimum atomic E-state index is -0.366. The SMILES string of the molecule is CC(C)c1ccccc1NC(=O)c1n[nH]nc1N. The summed E-state index contributed by atoms with van der Waals surface area (Å²) in [6, 6.07) is 7.64. The van der Waals surface area contributed by atoms with Crippen LogP contribution in [-0.4, -0.2) is 21.3 Å². The number of hydrogen-bond donors (Lipinski definition) is 3. The first-order valence-electron chi connectivity index (χ1n) is 5.66. The Kier molecular flexibility index (Phi) is 3.27. The molecule has 0 saturated carbocycles. The third-order valence-electron chi connectivity index (χ3n) is 2.62. The highest BCUT2D eigenvalue weighted by Gasteiger charge is 2.16. The van der Waals surface area contributed by atoms with Gasteiger partial charge in [0.15, 0.2) is 11.5 Å². The number of carbonyl (C=O) groups is 1. The molecule has 94 valence electrons. The number of nitrogens with two attached hydrogens (primary N) is 1. The van der Waals surface area contributed by atoms with Crippen LogP contribution in [-0.2, 0) is 0 Å². The van der Waals surface area contributed by atoms with Gasteiger partial charge in [0.25, 0.3) is 5.91 Å². The smallest absolute Gasteiger partial charge is 0.280 e. The van der Waals surface area contributed by atoms with Gasteiger partial charge in [0.05, 0.1) is 0 Å². The molecular formula is C12H15N5O. The molecule has 0 fully saturated rings. The number of amides is 1. The molecule has 1 aromatic heterocycles. The van der Waals surface area contributed by atoms with Crippen molar-refractivity contribution in [2.75, 3.05) is 11.1 Å². The third kappa shape index (κ3) is 2.32. The van der Waals surface area contributed by atoms with Crippen LogP contribution >= 0.6 is 0 Å². The molecule has 6 nitrogen and oxygen atoms in total. The predicted molar refractivity (Wildman–Crippen MR) is 69.3 cm³/mol. The van der Waals surface area contributed by atoms with Gasteiger partial charge in [0.2, 0.25) is 0 Å². The number of aromatic nitrogens is 3. The lowest BCUT2D eigenvalue weighted by atomic mass is 10.0. The average Bonchev–Trinajstić information content (AvgIpc) is 2.76. The summed E-state index contributed by atoms with van der Waals surface area (Å²) in [5.74, 6) is 0.0417. The second kappa shape index (κ2) is 4.87. The second-order valence-corrected chi connectivity index (χ2v) is 4.25. The Hall–Kier alpha value is -2.37. The molecule has 18 heavy (non-hydrogen) atoms. The molecule has 0 atom stereocenters. The highest BCUT2D eigenvalue weighted by atomic mass is 16.2. The largest absolute Gasteiger partial charge is 0.380 e. The molecule has 0 aliphatic rings. The molecule has 1 aromatic carbocycles. The molecule has 1 heterocycles. The number of aromatic amines is 1. The van der Waals surface area contributed by atoms with E-state index >= 15 is 0 Å². The van der Waals surface area contributed by atoms with E-state index in [4.69, 9.17) is 5.73 Å². The van der Waals surface area contributed by atoms with Crippen molar-refractivity contribution in [3.63, 3.8) is 0 Å². The summed E-state index contributed by atoms with van der Waals surface area (Å²) in [7, 11) is 0. The van der Waals surface area contributed by atoms with Crippen molar-refractivity contribution in [2.24, 2.45) is 0 Å². The number of anilines is 2. The number of para-hydroxylation sites is 1. The zero-order valence-electron chi connectivity index (χ0n) is 10.3. The maximum absolute atomic E-state index is 12.0. The van der Waals surface area contributed by atoms with Crippen LogP contribution in [0, 0.1) is 0 Å². The quantitative estimate of drug-likeness (QED) is 0.767. The third-order valence-corrected chi connectivity index (χ3v) is 2.62. The summed E-state index contributed by atoms with van der Waals surface area (Å²) in [6.07, 6.45) is 0. The normalized spacial score (nSPS) is 10.6. The Bertz CT molecular complexity index is 561. The Balaban J connectivity index is 2.25. The van der Waals surface area contributed by atoms with Gasteiger partial charge in [-0.15, -0.1) is 10.2 Å².